The van der Waals surface area contributed by atoms with E-state index in [0.29, 0.717) is 38.3 Å². The lowest BCUT2D eigenvalue weighted by atomic mass is 10.1. The van der Waals surface area contributed by atoms with Crippen molar-refractivity contribution in [1.29, 1.82) is 0 Å². The summed E-state index contributed by atoms with van der Waals surface area (Å²) >= 11 is 1.54. The van der Waals surface area contributed by atoms with Crippen molar-refractivity contribution in [3.63, 3.8) is 0 Å². The SMILES string of the molecule is O=S(=O)(NC1CCN(Cc2ccc3c(c2)Nc2nccnc2S3)CC1)C(F)(F)F. The lowest BCUT2D eigenvalue weighted by molar-refractivity contribution is -0.0453. The summed E-state index contributed by atoms with van der Waals surface area (Å²) in [4.78, 5) is 11.7. The van der Waals surface area contributed by atoms with Crippen LogP contribution in [-0.2, 0) is 16.6 Å². The zero-order chi connectivity index (χ0) is 20.6. The number of anilines is 2. The maximum absolute atomic E-state index is 12.5. The molecule has 1 aromatic heterocycles. The van der Waals surface area contributed by atoms with Crippen LogP contribution in [-0.4, -0.2) is 47.9 Å². The molecule has 2 aromatic rings. The highest BCUT2D eigenvalue weighted by Gasteiger charge is 2.47. The number of nitrogens with one attached hydrogen (secondary N) is 2. The summed E-state index contributed by atoms with van der Waals surface area (Å²) in [6.07, 6.45) is 3.93. The first-order valence-electron chi connectivity index (χ1n) is 8.91. The number of piperidine rings is 1. The molecule has 12 heteroatoms. The smallest absolute Gasteiger partial charge is 0.337 e. The van der Waals surface area contributed by atoms with Gasteiger partial charge in [0.1, 0.15) is 5.03 Å². The molecule has 156 valence electrons. The number of halogens is 3. The van der Waals surface area contributed by atoms with Crippen molar-refractivity contribution in [1.82, 2.24) is 19.6 Å². The molecule has 2 N–H and O–H groups in total. The highest BCUT2D eigenvalue weighted by atomic mass is 32.2. The molecule has 0 aliphatic carbocycles. The van der Waals surface area contributed by atoms with Crippen molar-refractivity contribution in [3.8, 4) is 0 Å². The molecule has 4 rings (SSSR count). The number of nitrogens with zero attached hydrogens (tertiary/aromatic N) is 3. The van der Waals surface area contributed by atoms with Gasteiger partial charge in [-0.2, -0.15) is 13.2 Å². The van der Waals surface area contributed by atoms with Crippen molar-refractivity contribution < 1.29 is 21.6 Å². The second kappa shape index (κ2) is 7.74. The topological polar surface area (TPSA) is 87.2 Å². The van der Waals surface area contributed by atoms with Crippen LogP contribution in [0.3, 0.4) is 0 Å². The third kappa shape index (κ3) is 4.49. The van der Waals surface area contributed by atoms with E-state index in [4.69, 9.17) is 0 Å². The molecule has 0 radical (unpaired) electrons. The molecule has 1 saturated heterocycles. The minimum atomic E-state index is -5.30. The van der Waals surface area contributed by atoms with E-state index >= 15 is 0 Å². The molecule has 3 heterocycles. The van der Waals surface area contributed by atoms with E-state index in [0.717, 1.165) is 21.2 Å². The van der Waals surface area contributed by atoms with Gasteiger partial charge in [-0.25, -0.2) is 23.1 Å². The van der Waals surface area contributed by atoms with Crippen LogP contribution in [0.5, 0.6) is 0 Å². The Morgan fingerprint density at radius 3 is 2.66 bits per heavy atom. The minimum Gasteiger partial charge on any atom is -0.337 e. The van der Waals surface area contributed by atoms with Crippen molar-refractivity contribution in [2.75, 3.05) is 18.4 Å². The average Bonchev–Trinajstić information content (AvgIpc) is 2.67. The molecule has 0 atom stereocenters. The van der Waals surface area contributed by atoms with E-state index in [1.54, 1.807) is 17.1 Å². The summed E-state index contributed by atoms with van der Waals surface area (Å²) in [5.74, 6) is 0.708. The third-order valence-corrected chi connectivity index (χ3v) is 7.11. The van der Waals surface area contributed by atoms with Gasteiger partial charge >= 0.3 is 15.5 Å². The Morgan fingerprint density at radius 2 is 1.93 bits per heavy atom. The maximum Gasteiger partial charge on any atom is 0.511 e. The highest BCUT2D eigenvalue weighted by Crippen LogP contribution is 2.42. The Kier molecular flexibility index (Phi) is 5.44. The van der Waals surface area contributed by atoms with Gasteiger partial charge in [0, 0.05) is 43.0 Å². The molecule has 0 amide bonds. The van der Waals surface area contributed by atoms with Crippen molar-refractivity contribution in [2.24, 2.45) is 0 Å². The first-order chi connectivity index (χ1) is 13.7. The summed E-state index contributed by atoms with van der Waals surface area (Å²) in [5.41, 5.74) is -3.28. The van der Waals surface area contributed by atoms with Gasteiger partial charge < -0.3 is 5.32 Å². The molecule has 0 saturated carbocycles. The quantitative estimate of drug-likeness (QED) is 0.638. The number of alkyl halides is 3. The van der Waals surface area contributed by atoms with Gasteiger partial charge in [-0.1, -0.05) is 17.8 Å². The Hall–Kier alpha value is -1.89. The summed E-state index contributed by atoms with van der Waals surface area (Å²) in [6.45, 7) is 1.66. The monoisotopic (exact) mass is 445 g/mol. The van der Waals surface area contributed by atoms with E-state index in [9.17, 15) is 21.6 Å². The fraction of sp³-hybridized carbons (Fsp3) is 0.412. The highest BCUT2D eigenvalue weighted by molar-refractivity contribution is 7.99. The van der Waals surface area contributed by atoms with Gasteiger partial charge in [-0.05, 0) is 30.5 Å². The number of benzene rings is 1. The molecular formula is C17H18F3N5O2S2. The maximum atomic E-state index is 12.5. The number of fused-ring (bicyclic) bond motifs is 2. The Labute approximate surface area is 170 Å². The standard InChI is InChI=1S/C17H18F3N5O2S2/c18-17(19,20)29(26,27)24-12-3-7-25(8-4-12)10-11-1-2-14-13(9-11)23-15-16(28-14)22-6-5-21-15/h1-2,5-6,9,12,24H,3-4,7-8,10H2,(H,21,23). The van der Waals surface area contributed by atoms with Crippen LogP contribution < -0.4 is 10.0 Å². The van der Waals surface area contributed by atoms with Crippen LogP contribution in [0.25, 0.3) is 0 Å². The average molecular weight is 445 g/mol. The van der Waals surface area contributed by atoms with Gasteiger partial charge in [-0.15, -0.1) is 0 Å². The largest absolute Gasteiger partial charge is 0.511 e. The number of hydrogen-bond acceptors (Lipinski definition) is 7. The van der Waals surface area contributed by atoms with E-state index in [2.05, 4.69) is 20.2 Å². The molecule has 0 bridgehead atoms. The molecule has 2 aliphatic rings. The van der Waals surface area contributed by atoms with Gasteiger partial charge in [0.15, 0.2) is 5.82 Å². The summed E-state index contributed by atoms with van der Waals surface area (Å²) in [6, 6.07) is 5.34. The number of likely N-dealkylation sites (tertiary alicyclic amines) is 1. The van der Waals surface area contributed by atoms with Crippen molar-refractivity contribution in [2.45, 2.75) is 40.9 Å². The molecular weight excluding hydrogens is 427 g/mol. The molecule has 1 aromatic carbocycles. The van der Waals surface area contributed by atoms with Crippen molar-refractivity contribution in [3.05, 3.63) is 36.2 Å². The molecule has 2 aliphatic heterocycles. The third-order valence-electron chi connectivity index (χ3n) is 4.79. The number of rotatable bonds is 4. The first-order valence-corrected chi connectivity index (χ1v) is 11.2. The normalized spacial score (nSPS) is 18.0. The van der Waals surface area contributed by atoms with Gasteiger partial charge in [0.25, 0.3) is 0 Å². The summed E-state index contributed by atoms with van der Waals surface area (Å²) in [7, 11) is -5.30. The van der Waals surface area contributed by atoms with E-state index in [1.807, 2.05) is 18.2 Å². The Morgan fingerprint density at radius 1 is 1.21 bits per heavy atom. The predicted molar refractivity (Wildman–Crippen MR) is 102 cm³/mol. The second-order valence-electron chi connectivity index (χ2n) is 6.89. The molecule has 0 unspecified atom stereocenters. The first kappa shape index (κ1) is 20.4. The van der Waals surface area contributed by atoms with Crippen LogP contribution in [0.15, 0.2) is 40.5 Å². The molecule has 7 nitrogen and oxygen atoms in total. The fourth-order valence-corrected chi connectivity index (χ4v) is 5.02. The predicted octanol–water partition coefficient (Wildman–Crippen LogP) is 3.09. The van der Waals surface area contributed by atoms with Gasteiger partial charge in [0.05, 0.1) is 5.69 Å². The fourth-order valence-electron chi connectivity index (χ4n) is 3.33. The molecule has 29 heavy (non-hydrogen) atoms. The van der Waals surface area contributed by atoms with E-state index in [-0.39, 0.29) is 0 Å². The lowest BCUT2D eigenvalue weighted by Gasteiger charge is -2.32. The van der Waals surface area contributed by atoms with Crippen molar-refractivity contribution >= 4 is 33.3 Å². The van der Waals surface area contributed by atoms with Crippen LogP contribution in [0.4, 0.5) is 24.7 Å². The minimum absolute atomic E-state index is 0.331. The zero-order valence-corrected chi connectivity index (χ0v) is 16.7. The summed E-state index contributed by atoms with van der Waals surface area (Å²) in [5, 5.41) is 4.08. The summed E-state index contributed by atoms with van der Waals surface area (Å²) < 4.78 is 61.8. The van der Waals surface area contributed by atoms with Gasteiger partial charge in [-0.3, -0.25) is 4.90 Å². The zero-order valence-electron chi connectivity index (χ0n) is 15.1. The van der Waals surface area contributed by atoms with E-state index in [1.165, 1.54) is 11.8 Å². The molecule has 0 spiro atoms. The second-order valence-corrected chi connectivity index (χ2v) is 9.62. The molecule has 1 fully saturated rings. The lowest BCUT2D eigenvalue weighted by Crippen LogP contribution is -2.47. The number of aromatic nitrogens is 2. The Bertz CT molecular complexity index is 1010. The number of hydrogen-bond donors (Lipinski definition) is 2. The van der Waals surface area contributed by atoms with Crippen LogP contribution >= 0.6 is 11.8 Å². The van der Waals surface area contributed by atoms with E-state index < -0.39 is 21.6 Å². The number of sulfonamides is 1. The van der Waals surface area contributed by atoms with Crippen LogP contribution in [0.1, 0.15) is 18.4 Å². The van der Waals surface area contributed by atoms with Crippen LogP contribution in [0, 0.1) is 0 Å². The Balaban J connectivity index is 1.35. The van der Waals surface area contributed by atoms with Gasteiger partial charge in [0.2, 0.25) is 0 Å². The van der Waals surface area contributed by atoms with Crippen LogP contribution in [0.2, 0.25) is 0 Å².